The monoisotopic (exact) mass is 457 g/mol. The van der Waals surface area contributed by atoms with Gasteiger partial charge in [0.05, 0.1) is 12.1 Å². The van der Waals surface area contributed by atoms with Crippen molar-refractivity contribution in [2.24, 2.45) is 0 Å². The molecule has 0 saturated carbocycles. The van der Waals surface area contributed by atoms with E-state index in [0.29, 0.717) is 13.0 Å². The van der Waals surface area contributed by atoms with Crippen molar-refractivity contribution in [3.8, 4) is 0 Å². The molecule has 2 heterocycles. The zero-order valence-corrected chi connectivity index (χ0v) is 19.6. The first kappa shape index (κ1) is 24.2. The van der Waals surface area contributed by atoms with E-state index in [-0.39, 0.29) is 29.8 Å². The van der Waals surface area contributed by atoms with Crippen LogP contribution in [0.3, 0.4) is 0 Å². The van der Waals surface area contributed by atoms with Gasteiger partial charge < -0.3 is 19.4 Å². The fourth-order valence-corrected chi connectivity index (χ4v) is 4.55. The Hall–Kier alpha value is -2.41. The van der Waals surface area contributed by atoms with Gasteiger partial charge in [-0.25, -0.2) is 0 Å². The lowest BCUT2D eigenvalue weighted by Crippen LogP contribution is -2.61. The molecule has 0 bridgehead atoms. The molecule has 6 nitrogen and oxygen atoms in total. The van der Waals surface area contributed by atoms with Gasteiger partial charge in [0, 0.05) is 44.5 Å². The molecular formula is C25H32ClN3O3. The maximum atomic E-state index is 12.7. The minimum absolute atomic E-state index is 0. The Morgan fingerprint density at radius 2 is 1.66 bits per heavy atom. The van der Waals surface area contributed by atoms with Crippen LogP contribution < -0.4 is 9.80 Å². The van der Waals surface area contributed by atoms with E-state index in [4.69, 9.17) is 4.74 Å². The minimum Gasteiger partial charge on any atom is -0.360 e. The summed E-state index contributed by atoms with van der Waals surface area (Å²) in [6, 6.07) is 19.6. The largest absolute Gasteiger partial charge is 0.360 e. The van der Waals surface area contributed by atoms with Crippen LogP contribution in [0.2, 0.25) is 0 Å². The number of piperidine rings is 1. The molecule has 0 aromatic heterocycles. The van der Waals surface area contributed by atoms with Gasteiger partial charge >= 0.3 is 0 Å². The number of ether oxygens (including phenoxy) is 1. The number of benzene rings is 2. The van der Waals surface area contributed by atoms with Crippen LogP contribution in [0.4, 0.5) is 11.4 Å². The Balaban J connectivity index is 0.00000289. The van der Waals surface area contributed by atoms with Crippen molar-refractivity contribution in [2.75, 3.05) is 43.0 Å². The van der Waals surface area contributed by atoms with Crippen molar-refractivity contribution < 1.29 is 14.3 Å². The summed E-state index contributed by atoms with van der Waals surface area (Å²) in [6.45, 7) is 4.91. The van der Waals surface area contributed by atoms with Crippen LogP contribution in [-0.2, 0) is 14.3 Å². The number of morpholine rings is 1. The van der Waals surface area contributed by atoms with Crippen molar-refractivity contribution in [1.29, 1.82) is 0 Å². The number of likely N-dealkylation sites (tertiary alicyclic amines) is 1. The van der Waals surface area contributed by atoms with Gasteiger partial charge in [0.2, 0.25) is 5.91 Å². The van der Waals surface area contributed by atoms with Gasteiger partial charge in [0.1, 0.15) is 6.10 Å². The van der Waals surface area contributed by atoms with Gasteiger partial charge in [-0.2, -0.15) is 0 Å². The van der Waals surface area contributed by atoms with Crippen molar-refractivity contribution >= 4 is 35.6 Å². The molecule has 7 heteroatoms. The van der Waals surface area contributed by atoms with Gasteiger partial charge in [-0.15, -0.1) is 12.4 Å². The molecule has 2 aromatic rings. The summed E-state index contributed by atoms with van der Waals surface area (Å²) in [4.78, 5) is 31.2. The molecule has 2 fully saturated rings. The molecule has 4 rings (SSSR count). The Morgan fingerprint density at radius 1 is 1.06 bits per heavy atom. The number of halogens is 1. The van der Waals surface area contributed by atoms with Crippen LogP contribution in [0.25, 0.3) is 0 Å². The quantitative estimate of drug-likeness (QED) is 0.686. The minimum atomic E-state index is -0.443. The van der Waals surface area contributed by atoms with E-state index in [0.717, 1.165) is 43.9 Å². The Kier molecular flexibility index (Phi) is 7.93. The molecule has 2 amide bonds. The number of rotatable bonds is 5. The van der Waals surface area contributed by atoms with Crippen LogP contribution in [0.5, 0.6) is 0 Å². The molecule has 0 N–H and O–H groups in total. The lowest BCUT2D eigenvalue weighted by molar-refractivity contribution is -0.161. The number of nitrogens with zero attached hydrogens (tertiary/aromatic N) is 3. The Bertz CT molecular complexity index is 901. The van der Waals surface area contributed by atoms with Crippen LogP contribution >= 0.6 is 12.4 Å². The van der Waals surface area contributed by atoms with Crippen LogP contribution in [-0.4, -0.2) is 61.6 Å². The SMILES string of the molecule is CC1OC2(CCN(CCC(=O)N(C)c3ccccc3)CC2)CN(c2ccccc2)C1=O.Cl. The molecule has 1 atom stereocenters. The van der Waals surface area contributed by atoms with E-state index >= 15 is 0 Å². The van der Waals surface area contributed by atoms with E-state index in [1.165, 1.54) is 0 Å². The maximum absolute atomic E-state index is 12.7. The van der Waals surface area contributed by atoms with Gasteiger partial charge in [-0.1, -0.05) is 36.4 Å². The molecule has 2 saturated heterocycles. The standard InChI is InChI=1S/C25H31N3O3.ClH/c1-20-24(30)28(22-11-7-4-8-12-22)19-25(31-20)14-17-27(18-15-25)16-13-23(29)26(2)21-9-5-3-6-10-21;/h3-12,20H,13-19H2,1-2H3;1H. The summed E-state index contributed by atoms with van der Waals surface area (Å²) in [7, 11) is 1.83. The van der Waals surface area contributed by atoms with Crippen LogP contribution in [0.15, 0.2) is 60.7 Å². The highest BCUT2D eigenvalue weighted by Crippen LogP contribution is 2.35. The number of anilines is 2. The second-order valence-corrected chi connectivity index (χ2v) is 8.58. The second kappa shape index (κ2) is 10.5. The molecule has 1 spiro atoms. The fraction of sp³-hybridized carbons (Fsp3) is 0.440. The summed E-state index contributed by atoms with van der Waals surface area (Å²) in [5.74, 6) is 0.142. The van der Waals surface area contributed by atoms with Crippen molar-refractivity contribution in [3.63, 3.8) is 0 Å². The predicted molar refractivity (Wildman–Crippen MR) is 129 cm³/mol. The molecule has 0 radical (unpaired) electrons. The molecule has 2 aromatic carbocycles. The molecular weight excluding hydrogens is 426 g/mol. The first-order valence-electron chi connectivity index (χ1n) is 11.1. The normalized spacial score (nSPS) is 20.6. The third-order valence-electron chi connectivity index (χ3n) is 6.48. The molecule has 172 valence electrons. The number of hydrogen-bond acceptors (Lipinski definition) is 4. The molecule has 1 unspecified atom stereocenters. The summed E-state index contributed by atoms with van der Waals surface area (Å²) in [5.41, 5.74) is 1.53. The topological polar surface area (TPSA) is 53.1 Å². The zero-order valence-electron chi connectivity index (χ0n) is 18.8. The number of carbonyl (C=O) groups is 2. The van der Waals surface area contributed by atoms with E-state index in [1.807, 2.05) is 79.5 Å². The second-order valence-electron chi connectivity index (χ2n) is 8.58. The lowest BCUT2D eigenvalue weighted by Gasteiger charge is -2.49. The summed E-state index contributed by atoms with van der Waals surface area (Å²) < 4.78 is 6.26. The summed E-state index contributed by atoms with van der Waals surface area (Å²) in [6.07, 6.45) is 1.76. The van der Waals surface area contributed by atoms with E-state index in [2.05, 4.69) is 4.90 Å². The number of amides is 2. The Labute approximate surface area is 196 Å². The van der Waals surface area contributed by atoms with Gasteiger partial charge in [-0.05, 0) is 44.0 Å². The molecule has 2 aliphatic heterocycles. The van der Waals surface area contributed by atoms with E-state index < -0.39 is 6.10 Å². The van der Waals surface area contributed by atoms with E-state index in [9.17, 15) is 9.59 Å². The summed E-state index contributed by atoms with van der Waals surface area (Å²) >= 11 is 0. The van der Waals surface area contributed by atoms with Crippen molar-refractivity contribution in [1.82, 2.24) is 4.90 Å². The number of para-hydroxylation sites is 2. The third-order valence-corrected chi connectivity index (χ3v) is 6.48. The predicted octanol–water partition coefficient (Wildman–Crippen LogP) is 3.75. The third kappa shape index (κ3) is 5.31. The molecule has 32 heavy (non-hydrogen) atoms. The molecule has 0 aliphatic carbocycles. The first-order chi connectivity index (χ1) is 15.0. The van der Waals surface area contributed by atoms with Gasteiger partial charge in [0.25, 0.3) is 5.91 Å². The van der Waals surface area contributed by atoms with Gasteiger partial charge in [-0.3, -0.25) is 9.59 Å². The maximum Gasteiger partial charge on any atom is 0.255 e. The highest BCUT2D eigenvalue weighted by Gasteiger charge is 2.45. The van der Waals surface area contributed by atoms with Crippen LogP contribution in [0.1, 0.15) is 26.2 Å². The highest BCUT2D eigenvalue weighted by molar-refractivity contribution is 5.97. The first-order valence-corrected chi connectivity index (χ1v) is 11.1. The van der Waals surface area contributed by atoms with Crippen molar-refractivity contribution in [3.05, 3.63) is 60.7 Å². The fourth-order valence-electron chi connectivity index (χ4n) is 4.55. The number of hydrogen-bond donors (Lipinski definition) is 0. The van der Waals surface area contributed by atoms with Gasteiger partial charge in [0.15, 0.2) is 0 Å². The summed E-state index contributed by atoms with van der Waals surface area (Å²) in [5, 5.41) is 0. The smallest absolute Gasteiger partial charge is 0.255 e. The number of carbonyl (C=O) groups excluding carboxylic acids is 2. The Morgan fingerprint density at radius 3 is 2.28 bits per heavy atom. The van der Waals surface area contributed by atoms with Crippen molar-refractivity contribution in [2.45, 2.75) is 37.9 Å². The van der Waals surface area contributed by atoms with E-state index in [1.54, 1.807) is 4.90 Å². The zero-order chi connectivity index (χ0) is 21.8. The average Bonchev–Trinajstić information content (AvgIpc) is 2.81. The molecule has 2 aliphatic rings. The average molecular weight is 458 g/mol. The lowest BCUT2D eigenvalue weighted by atomic mass is 9.88. The highest BCUT2D eigenvalue weighted by atomic mass is 35.5. The van der Waals surface area contributed by atoms with Crippen LogP contribution in [0, 0.1) is 0 Å².